The number of rotatable bonds is 25. The molecule has 2 aromatic heterocycles. The van der Waals surface area contributed by atoms with Crippen molar-refractivity contribution >= 4 is 71.0 Å². The van der Waals surface area contributed by atoms with Crippen LogP contribution in [0.4, 0.5) is 0 Å². The summed E-state index contributed by atoms with van der Waals surface area (Å²) in [5, 5.41) is 32.5. The van der Waals surface area contributed by atoms with Crippen molar-refractivity contribution in [1.29, 1.82) is 0 Å². The number of carbonyl (C=O) groups excluding carboxylic acids is 5. The number of hydrogen-bond acceptors (Lipinski definition) is 11. The van der Waals surface area contributed by atoms with Gasteiger partial charge in [0.2, 0.25) is 29.5 Å². The Morgan fingerprint density at radius 1 is 0.710 bits per heavy atom. The SMILES string of the molecule is NC(N)=NCCC[C@H](NC(=O)[C@@H](Cc1ccccc1)NC(=O)[C@H](Cc1cnc[nH]1)NC(=O)[C@@H](N)CCC(=O)O)C(=O)N[C@@H](Cc1c[nH]c2ccccc12)C(=O)N[C@@H](CS)C(=O)O. The summed E-state index contributed by atoms with van der Waals surface area (Å²) in [7, 11) is 0. The molecular formula is C40H52N12O9S. The zero-order chi connectivity index (χ0) is 45.2. The first-order valence-corrected chi connectivity index (χ1v) is 20.2. The Morgan fingerprint density at radius 2 is 1.29 bits per heavy atom. The lowest BCUT2D eigenvalue weighted by atomic mass is 10.0. The van der Waals surface area contributed by atoms with Crippen molar-refractivity contribution in [3.63, 3.8) is 0 Å². The zero-order valence-electron chi connectivity index (χ0n) is 33.6. The lowest BCUT2D eigenvalue weighted by molar-refractivity contribution is -0.141. The van der Waals surface area contributed by atoms with Crippen LogP contribution in [0.1, 0.15) is 42.5 Å². The fourth-order valence-corrected chi connectivity index (χ4v) is 6.60. The predicted molar refractivity (Wildman–Crippen MR) is 230 cm³/mol. The third-order valence-electron chi connectivity index (χ3n) is 9.64. The van der Waals surface area contributed by atoms with Gasteiger partial charge in [-0.25, -0.2) is 9.78 Å². The van der Waals surface area contributed by atoms with E-state index in [1.54, 1.807) is 42.6 Å². The molecule has 0 aliphatic heterocycles. The third kappa shape index (κ3) is 15.0. The van der Waals surface area contributed by atoms with Crippen molar-refractivity contribution in [3.05, 3.63) is 90.1 Å². The normalized spacial score (nSPS) is 13.9. The van der Waals surface area contributed by atoms with Crippen LogP contribution in [0.5, 0.6) is 0 Å². The summed E-state index contributed by atoms with van der Waals surface area (Å²) in [6, 6.07) is 7.92. The highest BCUT2D eigenvalue weighted by atomic mass is 32.1. The van der Waals surface area contributed by atoms with E-state index in [4.69, 9.17) is 22.3 Å². The number of hydrogen-bond donors (Lipinski definition) is 13. The van der Waals surface area contributed by atoms with Crippen LogP contribution in [-0.2, 0) is 52.8 Å². The van der Waals surface area contributed by atoms with Crippen LogP contribution in [0.15, 0.2) is 78.3 Å². The number of para-hydroxylation sites is 1. The van der Waals surface area contributed by atoms with Gasteiger partial charge in [0.05, 0.1) is 12.4 Å². The molecule has 2 aromatic carbocycles. The average molecular weight is 877 g/mol. The van der Waals surface area contributed by atoms with Crippen LogP contribution in [0.2, 0.25) is 0 Å². The van der Waals surface area contributed by atoms with Crippen LogP contribution in [0.25, 0.3) is 10.9 Å². The number of benzene rings is 2. The molecule has 0 unspecified atom stereocenters. The number of aliphatic carboxylic acids is 2. The highest BCUT2D eigenvalue weighted by Gasteiger charge is 2.33. The van der Waals surface area contributed by atoms with E-state index in [2.05, 4.69) is 59.2 Å². The molecule has 2 heterocycles. The maximum atomic E-state index is 14.3. The van der Waals surface area contributed by atoms with Gasteiger partial charge in [-0.15, -0.1) is 0 Å². The van der Waals surface area contributed by atoms with Gasteiger partial charge in [0.1, 0.15) is 30.2 Å². The number of amides is 5. The summed E-state index contributed by atoms with van der Waals surface area (Å²) in [6.07, 6.45) is 3.73. The Morgan fingerprint density at radius 3 is 1.90 bits per heavy atom. The summed E-state index contributed by atoms with van der Waals surface area (Å²) in [5.41, 5.74) is 19.4. The highest BCUT2D eigenvalue weighted by Crippen LogP contribution is 2.20. The quantitative estimate of drug-likeness (QED) is 0.0158. The molecule has 22 heteroatoms. The number of imidazole rings is 1. The van der Waals surface area contributed by atoms with E-state index in [-0.39, 0.29) is 63.2 Å². The van der Waals surface area contributed by atoms with Crippen molar-refractivity contribution in [2.45, 2.75) is 81.2 Å². The van der Waals surface area contributed by atoms with Crippen molar-refractivity contribution < 1.29 is 43.8 Å². The lowest BCUT2D eigenvalue weighted by Gasteiger charge is -2.27. The fraction of sp³-hybridized carbons (Fsp3) is 0.375. The summed E-state index contributed by atoms with van der Waals surface area (Å²) < 4.78 is 0. The van der Waals surface area contributed by atoms with E-state index in [9.17, 15) is 38.7 Å². The second kappa shape index (κ2) is 23.7. The standard InChI is InChI=1S/C40H52N12O9S/c41-26(12-13-33(53)54)34(55)49-31(17-24-19-44-21-47-24)38(59)50-29(15-22-7-2-1-3-8-22)36(57)48-28(11-6-14-45-40(42)43)35(56)51-30(37(58)52-32(20-62)39(60)61)16-23-18-46-27-10-5-4-9-25(23)27/h1-5,7-10,18-19,21,26,28-32,46,62H,6,11-17,20,41H2,(H,44,47)(H,48,57)(H,49,55)(H,50,59)(H,51,56)(H,52,58)(H,53,54)(H,60,61)(H4,42,43,45)/t26-,28-,29+,30-,31-,32-/m0/s1. The first-order valence-electron chi connectivity index (χ1n) is 19.6. The number of aliphatic imine (C=N–C) groups is 1. The van der Waals surface area contributed by atoms with Crippen molar-refractivity contribution in [3.8, 4) is 0 Å². The monoisotopic (exact) mass is 876 g/mol. The minimum atomic E-state index is -1.38. The minimum Gasteiger partial charge on any atom is -0.481 e. The smallest absolute Gasteiger partial charge is 0.327 e. The van der Waals surface area contributed by atoms with Gasteiger partial charge < -0.3 is 64.0 Å². The average Bonchev–Trinajstić information content (AvgIpc) is 3.92. The minimum absolute atomic E-state index is 0.0527. The zero-order valence-corrected chi connectivity index (χ0v) is 34.5. The van der Waals surface area contributed by atoms with E-state index < -0.39 is 77.7 Å². The number of guanidine groups is 1. The second-order valence-electron chi connectivity index (χ2n) is 14.3. The molecule has 0 spiro atoms. The molecular weight excluding hydrogens is 825 g/mol. The van der Waals surface area contributed by atoms with Gasteiger partial charge in [0.15, 0.2) is 5.96 Å². The summed E-state index contributed by atoms with van der Waals surface area (Å²) in [4.78, 5) is 106. The predicted octanol–water partition coefficient (Wildman–Crippen LogP) is -1.40. The molecule has 15 N–H and O–H groups in total. The fourth-order valence-electron chi connectivity index (χ4n) is 6.35. The Hall–Kier alpha value is -6.94. The number of nitrogens with one attached hydrogen (secondary N) is 7. The largest absolute Gasteiger partial charge is 0.481 e. The van der Waals surface area contributed by atoms with E-state index in [1.165, 1.54) is 12.5 Å². The van der Waals surface area contributed by atoms with Gasteiger partial charge in [-0.05, 0) is 36.5 Å². The van der Waals surface area contributed by atoms with Gasteiger partial charge in [-0.1, -0.05) is 48.5 Å². The van der Waals surface area contributed by atoms with Crippen LogP contribution in [0, 0.1) is 0 Å². The van der Waals surface area contributed by atoms with Crippen LogP contribution < -0.4 is 43.8 Å². The van der Waals surface area contributed by atoms with Crippen LogP contribution in [-0.4, -0.2) is 121 Å². The Kier molecular flexibility index (Phi) is 18.3. The number of carbonyl (C=O) groups is 7. The number of carboxylic acid groups (broad SMARTS) is 2. The van der Waals surface area contributed by atoms with Gasteiger partial charge in [0.25, 0.3) is 0 Å². The van der Waals surface area contributed by atoms with Crippen molar-refractivity contribution in [2.75, 3.05) is 12.3 Å². The van der Waals surface area contributed by atoms with E-state index in [0.717, 1.165) is 10.9 Å². The summed E-state index contributed by atoms with van der Waals surface area (Å²) in [5.74, 6) is -7.00. The molecule has 0 radical (unpaired) electrons. The van der Waals surface area contributed by atoms with E-state index in [1.807, 2.05) is 18.2 Å². The number of thiol groups is 1. The number of H-pyrrole nitrogens is 2. The maximum absolute atomic E-state index is 14.3. The molecule has 4 rings (SSSR count). The molecule has 0 fully saturated rings. The summed E-state index contributed by atoms with van der Waals surface area (Å²) >= 11 is 4.05. The summed E-state index contributed by atoms with van der Waals surface area (Å²) in [6.45, 7) is 0.0667. The molecule has 0 bridgehead atoms. The highest BCUT2D eigenvalue weighted by molar-refractivity contribution is 7.80. The number of aromatic amines is 2. The number of carboxylic acids is 2. The lowest BCUT2D eigenvalue weighted by Crippen LogP contribution is -2.60. The Labute approximate surface area is 361 Å². The molecule has 0 saturated heterocycles. The molecule has 332 valence electrons. The number of fused-ring (bicyclic) bond motifs is 1. The van der Waals surface area contributed by atoms with E-state index in [0.29, 0.717) is 16.8 Å². The molecule has 0 aliphatic carbocycles. The first kappa shape index (κ1) is 47.7. The van der Waals surface area contributed by atoms with Gasteiger partial charge in [-0.2, -0.15) is 12.6 Å². The molecule has 21 nitrogen and oxygen atoms in total. The molecule has 6 atom stereocenters. The second-order valence-corrected chi connectivity index (χ2v) is 14.7. The number of nitrogens with two attached hydrogens (primary N) is 3. The number of aromatic nitrogens is 3. The molecule has 4 aromatic rings. The topological polar surface area (TPSA) is 355 Å². The maximum Gasteiger partial charge on any atom is 0.327 e. The molecule has 0 aliphatic rings. The van der Waals surface area contributed by atoms with Crippen molar-refractivity contribution in [1.82, 2.24) is 41.5 Å². The number of nitrogens with zero attached hydrogens (tertiary/aromatic N) is 2. The molecule has 0 saturated carbocycles. The van der Waals surface area contributed by atoms with Gasteiger partial charge >= 0.3 is 11.9 Å². The first-order chi connectivity index (χ1) is 29.6. The Bertz CT molecular complexity index is 2180. The molecule has 62 heavy (non-hydrogen) atoms. The molecule has 5 amide bonds. The van der Waals surface area contributed by atoms with Crippen LogP contribution in [0.3, 0.4) is 0 Å². The van der Waals surface area contributed by atoms with Gasteiger partial charge in [-0.3, -0.25) is 33.8 Å². The third-order valence-corrected chi connectivity index (χ3v) is 10.0. The van der Waals surface area contributed by atoms with Crippen LogP contribution >= 0.6 is 12.6 Å². The van der Waals surface area contributed by atoms with Gasteiger partial charge in [0, 0.05) is 67.0 Å². The van der Waals surface area contributed by atoms with E-state index >= 15 is 0 Å². The Balaban J connectivity index is 1.63. The van der Waals surface area contributed by atoms with Crippen molar-refractivity contribution in [2.24, 2.45) is 22.2 Å².